The molecule has 0 aliphatic carbocycles. The lowest BCUT2D eigenvalue weighted by atomic mass is 10.2. The first kappa shape index (κ1) is 14.5. The fourth-order valence-corrected chi connectivity index (χ4v) is 1.69. The average molecular weight is 307 g/mol. The van der Waals surface area contributed by atoms with Gasteiger partial charge in [-0.05, 0) is 12.1 Å². The van der Waals surface area contributed by atoms with Crippen molar-refractivity contribution in [2.75, 3.05) is 7.11 Å². The second kappa shape index (κ2) is 6.02. The summed E-state index contributed by atoms with van der Waals surface area (Å²) >= 11 is 5.66. The summed E-state index contributed by atoms with van der Waals surface area (Å²) in [7, 11) is 1.42. The van der Waals surface area contributed by atoms with Gasteiger partial charge in [0.1, 0.15) is 17.8 Å². The number of hydrogen-bond acceptors (Lipinski definition) is 7. The molecule has 106 valence electrons. The summed E-state index contributed by atoms with van der Waals surface area (Å²) in [6.45, 7) is 0. The van der Waals surface area contributed by atoms with Gasteiger partial charge in [0, 0.05) is 6.07 Å². The number of hydrogen-bond donors (Lipinski definition) is 0. The van der Waals surface area contributed by atoms with Gasteiger partial charge >= 0.3 is 11.6 Å². The topological polar surface area (TPSA) is 111 Å². The molecule has 0 saturated heterocycles. The van der Waals surface area contributed by atoms with Gasteiger partial charge in [0.2, 0.25) is 5.15 Å². The molecule has 8 nitrogen and oxygen atoms in total. The van der Waals surface area contributed by atoms with E-state index in [1.807, 2.05) is 6.07 Å². The van der Waals surface area contributed by atoms with Crippen molar-refractivity contribution in [3.8, 4) is 23.4 Å². The van der Waals surface area contributed by atoms with Gasteiger partial charge in [-0.15, -0.1) is 0 Å². The van der Waals surface area contributed by atoms with Gasteiger partial charge in [-0.3, -0.25) is 10.1 Å². The quantitative estimate of drug-likeness (QED) is 0.485. The second-order valence-electron chi connectivity index (χ2n) is 3.69. The number of rotatable bonds is 4. The Morgan fingerprint density at radius 2 is 2.05 bits per heavy atom. The number of benzene rings is 1. The van der Waals surface area contributed by atoms with E-state index in [1.165, 1.54) is 25.3 Å². The maximum absolute atomic E-state index is 11.0. The van der Waals surface area contributed by atoms with Crippen molar-refractivity contribution < 1.29 is 14.4 Å². The van der Waals surface area contributed by atoms with Crippen LogP contribution >= 0.6 is 11.6 Å². The predicted molar refractivity (Wildman–Crippen MR) is 71.5 cm³/mol. The minimum atomic E-state index is -0.747. The lowest BCUT2D eigenvalue weighted by Gasteiger charge is -2.07. The molecule has 0 atom stereocenters. The molecule has 1 aromatic heterocycles. The molecular formula is C12H7ClN4O4. The molecule has 0 aliphatic rings. The minimum absolute atomic E-state index is 0.156. The molecule has 21 heavy (non-hydrogen) atoms. The van der Waals surface area contributed by atoms with E-state index >= 15 is 0 Å². The Labute approximate surface area is 123 Å². The number of nitro groups is 1. The summed E-state index contributed by atoms with van der Waals surface area (Å²) in [6, 6.07) is 6.27. The Kier molecular flexibility index (Phi) is 4.15. The molecule has 0 N–H and O–H groups in total. The molecule has 0 unspecified atom stereocenters. The van der Waals surface area contributed by atoms with Crippen molar-refractivity contribution in [3.63, 3.8) is 0 Å². The molecule has 2 aromatic rings. The van der Waals surface area contributed by atoms with E-state index in [4.69, 9.17) is 26.3 Å². The van der Waals surface area contributed by atoms with Crippen molar-refractivity contribution in [2.45, 2.75) is 0 Å². The third kappa shape index (κ3) is 3.16. The van der Waals surface area contributed by atoms with Gasteiger partial charge < -0.3 is 9.47 Å². The lowest BCUT2D eigenvalue weighted by molar-refractivity contribution is -0.386. The van der Waals surface area contributed by atoms with E-state index in [9.17, 15) is 10.1 Å². The van der Waals surface area contributed by atoms with Gasteiger partial charge in [-0.2, -0.15) is 10.2 Å². The van der Waals surface area contributed by atoms with Crippen molar-refractivity contribution >= 4 is 17.3 Å². The highest BCUT2D eigenvalue weighted by Gasteiger charge is 2.23. The van der Waals surface area contributed by atoms with E-state index in [-0.39, 0.29) is 22.3 Å². The molecule has 0 spiro atoms. The number of nitriles is 1. The third-order valence-corrected chi connectivity index (χ3v) is 2.66. The van der Waals surface area contributed by atoms with Crippen LogP contribution in [0.1, 0.15) is 5.56 Å². The van der Waals surface area contributed by atoms with Crippen LogP contribution < -0.4 is 9.47 Å². The zero-order chi connectivity index (χ0) is 15.4. The molecule has 9 heteroatoms. The minimum Gasteiger partial charge on any atom is -0.497 e. The highest BCUT2D eigenvalue weighted by Crippen LogP contribution is 2.34. The molecule has 0 bridgehead atoms. The van der Waals surface area contributed by atoms with Crippen LogP contribution in [0.4, 0.5) is 5.69 Å². The smallest absolute Gasteiger partial charge is 0.368 e. The molecule has 0 fully saturated rings. The molecule has 0 aliphatic heterocycles. The van der Waals surface area contributed by atoms with Gasteiger partial charge in [-0.1, -0.05) is 11.6 Å². The summed E-state index contributed by atoms with van der Waals surface area (Å²) in [5.74, 6) is 0.202. The number of ether oxygens (including phenoxy) is 2. The Morgan fingerprint density at radius 3 is 2.67 bits per heavy atom. The van der Waals surface area contributed by atoms with Crippen LogP contribution in [0.25, 0.3) is 0 Å². The maximum Gasteiger partial charge on any atom is 0.368 e. The van der Waals surface area contributed by atoms with E-state index in [0.29, 0.717) is 5.75 Å². The van der Waals surface area contributed by atoms with Crippen molar-refractivity contribution in [1.29, 1.82) is 5.26 Å². The average Bonchev–Trinajstić information content (AvgIpc) is 2.46. The van der Waals surface area contributed by atoms with Gasteiger partial charge in [0.25, 0.3) is 0 Å². The van der Waals surface area contributed by atoms with E-state index < -0.39 is 10.6 Å². The summed E-state index contributed by atoms with van der Waals surface area (Å²) in [4.78, 5) is 17.4. The molecule has 0 saturated carbocycles. The standard InChI is InChI=1S/C12H7ClN4O4/c1-20-8-2-7(5-14)3-9(4-8)21-12-10(17(18)19)11(13)15-6-16-12/h2-4,6H,1H3. The number of halogens is 1. The summed E-state index contributed by atoms with van der Waals surface area (Å²) in [5.41, 5.74) is -0.285. The molecule has 2 rings (SSSR count). The normalized spacial score (nSPS) is 9.76. The van der Waals surface area contributed by atoms with Gasteiger partial charge in [-0.25, -0.2) is 4.98 Å². The Balaban J connectivity index is 2.46. The largest absolute Gasteiger partial charge is 0.497 e. The van der Waals surface area contributed by atoms with Crippen molar-refractivity contribution in [2.24, 2.45) is 0 Å². The fraction of sp³-hybridized carbons (Fsp3) is 0.0833. The second-order valence-corrected chi connectivity index (χ2v) is 4.04. The Hall–Kier alpha value is -2.92. The van der Waals surface area contributed by atoms with Gasteiger partial charge in [0.15, 0.2) is 0 Å². The molecule has 1 heterocycles. The molecule has 1 aromatic carbocycles. The SMILES string of the molecule is COc1cc(C#N)cc(Oc2ncnc(Cl)c2[N+](=O)[O-])c1. The molecule has 0 amide bonds. The zero-order valence-corrected chi connectivity index (χ0v) is 11.4. The van der Waals surface area contributed by atoms with Gasteiger partial charge in [0.05, 0.1) is 23.7 Å². The highest BCUT2D eigenvalue weighted by molar-refractivity contribution is 6.31. The first-order valence-electron chi connectivity index (χ1n) is 5.47. The van der Waals surface area contributed by atoms with Crippen LogP contribution in [0.2, 0.25) is 5.15 Å². The van der Waals surface area contributed by atoms with Crippen LogP contribution in [-0.4, -0.2) is 22.0 Å². The predicted octanol–water partition coefficient (Wildman–Crippen LogP) is 2.71. The van der Waals surface area contributed by atoms with Crippen LogP contribution in [-0.2, 0) is 0 Å². The summed E-state index contributed by atoms with van der Waals surface area (Å²) in [6.07, 6.45) is 1.04. The number of methoxy groups -OCH3 is 1. The first-order valence-corrected chi connectivity index (χ1v) is 5.85. The van der Waals surface area contributed by atoms with Crippen LogP contribution in [0, 0.1) is 21.4 Å². The Morgan fingerprint density at radius 1 is 1.33 bits per heavy atom. The third-order valence-electron chi connectivity index (χ3n) is 2.39. The highest BCUT2D eigenvalue weighted by atomic mass is 35.5. The van der Waals surface area contributed by atoms with Crippen molar-refractivity contribution in [1.82, 2.24) is 9.97 Å². The maximum atomic E-state index is 11.0. The fourth-order valence-electron chi connectivity index (χ4n) is 1.50. The number of aromatic nitrogens is 2. The van der Waals surface area contributed by atoms with Crippen molar-refractivity contribution in [3.05, 3.63) is 45.4 Å². The zero-order valence-electron chi connectivity index (χ0n) is 10.6. The number of nitrogens with zero attached hydrogens (tertiary/aromatic N) is 4. The molecular weight excluding hydrogens is 300 g/mol. The van der Waals surface area contributed by atoms with Crippen LogP contribution in [0.15, 0.2) is 24.5 Å². The summed E-state index contributed by atoms with van der Waals surface area (Å²) in [5, 5.41) is 19.5. The summed E-state index contributed by atoms with van der Waals surface area (Å²) < 4.78 is 10.3. The lowest BCUT2D eigenvalue weighted by Crippen LogP contribution is -1.99. The van der Waals surface area contributed by atoms with Crippen LogP contribution in [0.3, 0.4) is 0 Å². The Bertz CT molecular complexity index is 745. The first-order chi connectivity index (χ1) is 10.0. The van der Waals surface area contributed by atoms with E-state index in [1.54, 1.807) is 0 Å². The van der Waals surface area contributed by atoms with E-state index in [2.05, 4.69) is 9.97 Å². The molecule has 0 radical (unpaired) electrons. The monoisotopic (exact) mass is 306 g/mol. The van der Waals surface area contributed by atoms with E-state index in [0.717, 1.165) is 6.33 Å². The van der Waals surface area contributed by atoms with Crippen LogP contribution in [0.5, 0.6) is 17.4 Å².